The summed E-state index contributed by atoms with van der Waals surface area (Å²) < 4.78 is 11.3. The third-order valence-corrected chi connectivity index (χ3v) is 10.3. The van der Waals surface area contributed by atoms with E-state index in [4.69, 9.17) is 9.47 Å². The Balaban J connectivity index is 1.28. The number of anilines is 2. The van der Waals surface area contributed by atoms with Gasteiger partial charge in [-0.25, -0.2) is 9.59 Å². The molecule has 0 aliphatic heterocycles. The van der Waals surface area contributed by atoms with Crippen molar-refractivity contribution >= 4 is 35.5 Å². The molecule has 0 N–H and O–H groups in total. The van der Waals surface area contributed by atoms with Crippen molar-refractivity contribution in [1.82, 2.24) is 0 Å². The molecule has 276 valence electrons. The predicted octanol–water partition coefficient (Wildman–Crippen LogP) is 9.65. The molecule has 0 aromatic heterocycles. The van der Waals surface area contributed by atoms with Gasteiger partial charge in [0.1, 0.15) is 34.8 Å². The lowest BCUT2D eigenvalue weighted by Gasteiger charge is -2.38. The fourth-order valence-corrected chi connectivity index (χ4v) is 7.25. The Bertz CT molecular complexity index is 1880. The molecule has 54 heavy (non-hydrogen) atoms. The van der Waals surface area contributed by atoms with E-state index >= 15 is 0 Å². The van der Waals surface area contributed by atoms with Crippen LogP contribution in [0.25, 0.3) is 12.2 Å². The number of nitrogens with zero attached hydrogens (tertiary/aromatic N) is 4. The van der Waals surface area contributed by atoms with E-state index in [1.807, 2.05) is 84.9 Å². The Kier molecular flexibility index (Phi) is 13.5. The zero-order chi connectivity index (χ0) is 38.5. The monoisotopic (exact) mass is 720 g/mol. The van der Waals surface area contributed by atoms with Crippen LogP contribution in [-0.4, -0.2) is 38.1 Å². The molecule has 1 aliphatic rings. The summed E-state index contributed by atoms with van der Waals surface area (Å²) in [4.78, 5) is 30.5. The van der Waals surface area contributed by atoms with Crippen LogP contribution in [0.15, 0.2) is 108 Å². The quantitative estimate of drug-likeness (QED) is 0.0549. The summed E-state index contributed by atoms with van der Waals surface area (Å²) in [7, 11) is 0. The highest BCUT2D eigenvalue weighted by Crippen LogP contribution is 2.45. The van der Waals surface area contributed by atoms with Gasteiger partial charge in [0.15, 0.2) is 0 Å². The van der Waals surface area contributed by atoms with Crippen molar-refractivity contribution < 1.29 is 19.1 Å². The number of carbonyl (C=O) groups is 2. The molecule has 4 aromatic rings. The molecule has 1 aliphatic carbocycles. The molecule has 5 rings (SSSR count). The zero-order valence-corrected chi connectivity index (χ0v) is 31.7. The summed E-state index contributed by atoms with van der Waals surface area (Å²) in [6.45, 7) is 12.0. The highest BCUT2D eigenvalue weighted by atomic mass is 16.5. The first-order valence-electron chi connectivity index (χ1n) is 18.9. The van der Waals surface area contributed by atoms with Gasteiger partial charge in [-0.15, -0.1) is 0 Å². The van der Waals surface area contributed by atoms with E-state index in [-0.39, 0.29) is 16.6 Å². The third kappa shape index (κ3) is 9.26. The number of ether oxygens (including phenoxy) is 2. The van der Waals surface area contributed by atoms with Crippen LogP contribution in [0.4, 0.5) is 11.4 Å². The minimum Gasteiger partial charge on any atom is -0.422 e. The minimum absolute atomic E-state index is 0.0823. The van der Waals surface area contributed by atoms with Crippen molar-refractivity contribution in [2.45, 2.75) is 65.2 Å². The van der Waals surface area contributed by atoms with E-state index in [2.05, 4.69) is 37.5 Å². The maximum atomic E-state index is 13.0. The molecule has 4 aromatic carbocycles. The maximum absolute atomic E-state index is 13.0. The smallest absolute Gasteiger partial charge is 0.354 e. The molecule has 0 spiro atoms. The molecule has 0 bridgehead atoms. The Hall–Kier alpha value is -6.12. The normalized spacial score (nSPS) is 14.0. The van der Waals surface area contributed by atoms with Gasteiger partial charge >= 0.3 is 11.9 Å². The van der Waals surface area contributed by atoms with E-state index in [1.54, 1.807) is 36.4 Å². The Labute approximate surface area is 319 Å². The Morgan fingerprint density at radius 3 is 1.24 bits per heavy atom. The fourth-order valence-electron chi connectivity index (χ4n) is 7.25. The summed E-state index contributed by atoms with van der Waals surface area (Å²) in [5, 5.41) is 19.5. The van der Waals surface area contributed by atoms with Crippen LogP contribution >= 0.6 is 0 Å². The first-order chi connectivity index (χ1) is 26.3. The van der Waals surface area contributed by atoms with E-state index in [1.165, 1.54) is 0 Å². The highest BCUT2D eigenvalue weighted by Gasteiger charge is 2.36. The average molecular weight is 721 g/mol. The largest absolute Gasteiger partial charge is 0.422 e. The highest BCUT2D eigenvalue weighted by molar-refractivity contribution is 5.99. The lowest BCUT2D eigenvalue weighted by atomic mass is 9.65. The van der Waals surface area contributed by atoms with Gasteiger partial charge in [0, 0.05) is 43.0 Å². The molecule has 0 unspecified atom stereocenters. The van der Waals surface area contributed by atoms with Crippen LogP contribution in [0.1, 0.15) is 82.1 Å². The first kappa shape index (κ1) is 39.1. The van der Waals surface area contributed by atoms with E-state index in [0.717, 1.165) is 91.9 Å². The predicted molar refractivity (Wildman–Crippen MR) is 215 cm³/mol. The lowest BCUT2D eigenvalue weighted by molar-refractivity contribution is -0.130. The number of nitriles is 2. The second-order valence-electron chi connectivity index (χ2n) is 13.3. The van der Waals surface area contributed by atoms with Crippen LogP contribution in [-0.2, 0) is 15.0 Å². The number of rotatable bonds is 14. The molecule has 0 saturated heterocycles. The van der Waals surface area contributed by atoms with Crippen LogP contribution < -0.4 is 19.3 Å². The summed E-state index contributed by atoms with van der Waals surface area (Å²) in [6, 6.07) is 34.5. The van der Waals surface area contributed by atoms with Crippen LogP contribution in [0.5, 0.6) is 11.5 Å². The molecule has 0 amide bonds. The van der Waals surface area contributed by atoms with E-state index in [0.29, 0.717) is 11.5 Å². The summed E-state index contributed by atoms with van der Waals surface area (Å²) in [6.07, 6.45) is 8.24. The molecule has 8 nitrogen and oxygen atoms in total. The standard InChI is InChI=1S/C46H48N4O4/c1-5-49(6-2)40-20-12-34(13-21-40)30-36(32-47)44(51)53-42-24-16-38(17-25-42)46(28-10-9-11-29-46)39-18-26-43(27-19-39)54-45(52)37(33-48)31-35-14-22-41(23-15-35)50(7-3)8-4/h12-27,30-31H,5-11,28-29H2,1-4H3. The molecular formula is C46H48N4O4. The van der Waals surface area contributed by atoms with Crippen LogP contribution in [0, 0.1) is 22.7 Å². The van der Waals surface area contributed by atoms with Gasteiger partial charge in [0.25, 0.3) is 0 Å². The number of esters is 2. The molecule has 8 heteroatoms. The summed E-state index contributed by atoms with van der Waals surface area (Å²) >= 11 is 0. The first-order valence-corrected chi connectivity index (χ1v) is 18.9. The molecular weight excluding hydrogens is 673 g/mol. The van der Waals surface area contributed by atoms with E-state index < -0.39 is 11.9 Å². The molecule has 0 radical (unpaired) electrons. The summed E-state index contributed by atoms with van der Waals surface area (Å²) in [5.41, 5.74) is 5.41. The second kappa shape index (κ2) is 18.6. The van der Waals surface area contributed by atoms with E-state index in [9.17, 15) is 20.1 Å². The minimum atomic E-state index is -0.710. The fraction of sp³-hybridized carbons (Fsp3) is 0.304. The topological polar surface area (TPSA) is 107 Å². The van der Waals surface area contributed by atoms with Gasteiger partial charge < -0.3 is 19.3 Å². The SMILES string of the molecule is CCN(CC)c1ccc(C=C(C#N)C(=O)Oc2ccc(C3(c4ccc(OC(=O)C(C#N)=Cc5ccc(N(CC)CC)cc5)cc4)CCCCC3)cc2)cc1. The second-order valence-corrected chi connectivity index (χ2v) is 13.3. The molecule has 0 atom stereocenters. The van der Waals surface area contributed by atoms with Crippen LogP contribution in [0.2, 0.25) is 0 Å². The van der Waals surface area contributed by atoms with Crippen molar-refractivity contribution in [3.05, 3.63) is 130 Å². The molecule has 1 saturated carbocycles. The van der Waals surface area contributed by atoms with Gasteiger partial charge in [-0.2, -0.15) is 10.5 Å². The Morgan fingerprint density at radius 1 is 0.574 bits per heavy atom. The summed E-state index contributed by atoms with van der Waals surface area (Å²) in [5.74, 6) is -0.705. The zero-order valence-electron chi connectivity index (χ0n) is 31.7. The van der Waals surface area contributed by atoms with Crippen molar-refractivity contribution in [3.63, 3.8) is 0 Å². The lowest BCUT2D eigenvalue weighted by Crippen LogP contribution is -2.30. The number of carbonyl (C=O) groups excluding carboxylic acids is 2. The van der Waals surface area contributed by atoms with Gasteiger partial charge in [0.2, 0.25) is 0 Å². The van der Waals surface area contributed by atoms with Crippen molar-refractivity contribution in [2.75, 3.05) is 36.0 Å². The van der Waals surface area contributed by atoms with Gasteiger partial charge in [-0.1, -0.05) is 67.8 Å². The number of hydrogen-bond acceptors (Lipinski definition) is 8. The van der Waals surface area contributed by atoms with Crippen LogP contribution in [0.3, 0.4) is 0 Å². The third-order valence-electron chi connectivity index (χ3n) is 10.3. The number of benzene rings is 4. The van der Waals surface area contributed by atoms with Crippen molar-refractivity contribution in [2.24, 2.45) is 0 Å². The number of hydrogen-bond donors (Lipinski definition) is 0. The average Bonchev–Trinajstić information content (AvgIpc) is 3.21. The van der Waals surface area contributed by atoms with Crippen molar-refractivity contribution in [1.29, 1.82) is 10.5 Å². The van der Waals surface area contributed by atoms with Gasteiger partial charge in [-0.05, 0) is 123 Å². The Morgan fingerprint density at radius 2 is 0.926 bits per heavy atom. The maximum Gasteiger partial charge on any atom is 0.354 e. The van der Waals surface area contributed by atoms with Gasteiger partial charge in [0.05, 0.1) is 0 Å². The molecule has 1 fully saturated rings. The van der Waals surface area contributed by atoms with Gasteiger partial charge in [-0.3, -0.25) is 0 Å². The van der Waals surface area contributed by atoms with Crippen molar-refractivity contribution in [3.8, 4) is 23.6 Å². The molecule has 0 heterocycles.